The van der Waals surface area contributed by atoms with Crippen molar-refractivity contribution in [3.8, 4) is 11.8 Å². The first-order chi connectivity index (χ1) is 24.4. The van der Waals surface area contributed by atoms with Crippen LogP contribution in [-0.2, 0) is 22.0 Å². The van der Waals surface area contributed by atoms with E-state index in [9.17, 15) is 14.3 Å². The van der Waals surface area contributed by atoms with Gasteiger partial charge in [-0.15, -0.1) is 0 Å². The molecule has 1 aromatic heterocycles. The zero-order valence-corrected chi connectivity index (χ0v) is 33.5. The Morgan fingerprint density at radius 3 is 2.46 bits per heavy atom. The summed E-state index contributed by atoms with van der Waals surface area (Å²) in [5, 5.41) is 12.8. The van der Waals surface area contributed by atoms with Crippen LogP contribution in [-0.4, -0.2) is 110 Å². The fraction of sp³-hybridized carbons (Fsp3) is 0.625. The predicted molar refractivity (Wildman–Crippen MR) is 206 cm³/mol. The summed E-state index contributed by atoms with van der Waals surface area (Å²) >= 11 is 0. The zero-order valence-electron chi connectivity index (χ0n) is 32.5. The van der Waals surface area contributed by atoms with E-state index in [-0.39, 0.29) is 40.9 Å². The number of phenols is 1. The van der Waals surface area contributed by atoms with Crippen molar-refractivity contribution >= 4 is 31.0 Å². The quantitative estimate of drug-likeness (QED) is 0.236. The number of aromatic hydroxyl groups is 1. The molecule has 2 fully saturated rings. The summed E-state index contributed by atoms with van der Waals surface area (Å²) in [4.78, 5) is 29.6. The maximum Gasteiger partial charge on any atom is 0.410 e. The first kappa shape index (κ1) is 38.2. The van der Waals surface area contributed by atoms with E-state index in [0.29, 0.717) is 52.2 Å². The Bertz CT molecular complexity index is 1760. The second-order valence-electron chi connectivity index (χ2n) is 17.5. The lowest BCUT2D eigenvalue weighted by Gasteiger charge is -2.45. The van der Waals surface area contributed by atoms with Crippen molar-refractivity contribution in [1.29, 1.82) is 0 Å². The fourth-order valence-electron chi connectivity index (χ4n) is 7.47. The van der Waals surface area contributed by atoms with Crippen LogP contribution in [0.4, 0.5) is 15.0 Å². The highest BCUT2D eigenvalue weighted by Crippen LogP contribution is 2.42. The maximum absolute atomic E-state index is 14.3. The van der Waals surface area contributed by atoms with Crippen LogP contribution in [0.15, 0.2) is 36.4 Å². The number of amides is 1. The SMILES string of the molecule is CN1C[C@@H](F)C[C@H]1COc1nc2c(c(N3CCN(C(=O)OC(C)(C)C)C[C@@H]3CO[Si](C)(C)C(C)(C)C)n1)CCC(c1cc(O)cc3ccccc13)C2. The highest BCUT2D eigenvalue weighted by Gasteiger charge is 2.41. The van der Waals surface area contributed by atoms with Gasteiger partial charge in [0, 0.05) is 37.8 Å². The van der Waals surface area contributed by atoms with Gasteiger partial charge in [0.15, 0.2) is 8.32 Å². The molecule has 0 spiro atoms. The molecule has 1 unspecified atom stereocenters. The number of nitrogens with zero attached hydrogens (tertiary/aromatic N) is 5. The van der Waals surface area contributed by atoms with Crippen LogP contribution in [0, 0.1) is 0 Å². The molecule has 12 heteroatoms. The Hall–Kier alpha value is -3.48. The Labute approximate surface area is 309 Å². The minimum atomic E-state index is -2.13. The van der Waals surface area contributed by atoms with Crippen LogP contribution in [0.1, 0.15) is 77.1 Å². The molecule has 0 radical (unpaired) electrons. The van der Waals surface area contributed by atoms with Gasteiger partial charge in [-0.05, 0) is 106 Å². The smallest absolute Gasteiger partial charge is 0.410 e. The number of piperazine rings is 1. The second kappa shape index (κ2) is 14.7. The number of phenolic OH excluding ortho intramolecular Hbond substituents is 1. The van der Waals surface area contributed by atoms with Gasteiger partial charge in [0.2, 0.25) is 0 Å². The normalized spacial score (nSPS) is 23.2. The standard InChI is InChI=1S/C40H58FN5O5Si/c1-39(2,3)51-38(48)45-16-17-46(30(23-45)25-50-52(8,9)40(4,5)6)36-33-15-14-27(34-21-31(47)18-26-12-10-11-13-32(26)34)19-35(33)42-37(43-36)49-24-29-20-28(41)22-44(29)7/h10-13,18,21,27-30,47H,14-17,19-20,22-25H2,1-9H3/t27?,28-,29-,30+/m0/s1. The lowest BCUT2D eigenvalue weighted by Crippen LogP contribution is -2.59. The van der Waals surface area contributed by atoms with Crippen molar-refractivity contribution in [1.82, 2.24) is 19.8 Å². The molecule has 52 heavy (non-hydrogen) atoms. The van der Waals surface area contributed by atoms with E-state index < -0.39 is 20.1 Å². The third-order valence-electron chi connectivity index (χ3n) is 11.4. The lowest BCUT2D eigenvalue weighted by atomic mass is 9.80. The van der Waals surface area contributed by atoms with Crippen molar-refractivity contribution in [2.24, 2.45) is 0 Å². The predicted octanol–water partition coefficient (Wildman–Crippen LogP) is 7.48. The summed E-state index contributed by atoms with van der Waals surface area (Å²) < 4.78 is 33.3. The molecule has 3 heterocycles. The van der Waals surface area contributed by atoms with Gasteiger partial charge < -0.3 is 28.8 Å². The molecule has 0 saturated carbocycles. The number of hydrogen-bond donors (Lipinski definition) is 1. The Morgan fingerprint density at radius 2 is 1.77 bits per heavy atom. The van der Waals surface area contributed by atoms with Gasteiger partial charge in [-0.25, -0.2) is 9.18 Å². The number of aromatic nitrogens is 2. The number of carbonyl (C=O) groups excluding carboxylic acids is 1. The Kier molecular flexibility index (Phi) is 10.8. The number of carbonyl (C=O) groups is 1. The number of anilines is 1. The molecule has 284 valence electrons. The van der Waals surface area contributed by atoms with Crippen molar-refractivity contribution in [2.45, 2.75) is 115 Å². The van der Waals surface area contributed by atoms with Crippen LogP contribution in [0.3, 0.4) is 0 Å². The van der Waals surface area contributed by atoms with E-state index in [1.54, 1.807) is 4.90 Å². The number of ether oxygens (including phenoxy) is 2. The van der Waals surface area contributed by atoms with Crippen molar-refractivity contribution < 1.29 is 28.2 Å². The molecule has 4 atom stereocenters. The molecular weight excluding hydrogens is 678 g/mol. The molecule has 1 aliphatic carbocycles. The average molecular weight is 736 g/mol. The second-order valence-corrected chi connectivity index (χ2v) is 22.3. The van der Waals surface area contributed by atoms with Crippen LogP contribution in [0.5, 0.6) is 11.8 Å². The highest BCUT2D eigenvalue weighted by atomic mass is 28.4. The molecular formula is C40H58FN5O5Si. The molecule has 0 bridgehead atoms. The van der Waals surface area contributed by atoms with Gasteiger partial charge in [0.1, 0.15) is 29.9 Å². The molecule has 6 rings (SSSR count). The molecule has 1 N–H and O–H groups in total. The Balaban J connectivity index is 1.36. The number of rotatable bonds is 8. The monoisotopic (exact) mass is 735 g/mol. The number of hydrogen-bond acceptors (Lipinski definition) is 9. The van der Waals surface area contributed by atoms with Gasteiger partial charge in [0.25, 0.3) is 0 Å². The van der Waals surface area contributed by atoms with Gasteiger partial charge in [0.05, 0.1) is 18.3 Å². The molecule has 10 nitrogen and oxygen atoms in total. The van der Waals surface area contributed by atoms with E-state index in [1.807, 2.05) is 63.1 Å². The van der Waals surface area contributed by atoms with E-state index in [4.69, 9.17) is 23.9 Å². The molecule has 3 aromatic rings. The summed E-state index contributed by atoms with van der Waals surface area (Å²) in [5.74, 6) is 1.20. The Morgan fingerprint density at radius 1 is 1.02 bits per heavy atom. The average Bonchev–Trinajstić information content (AvgIpc) is 3.40. The molecule has 3 aliphatic rings. The van der Waals surface area contributed by atoms with E-state index in [2.05, 4.69) is 44.8 Å². The lowest BCUT2D eigenvalue weighted by molar-refractivity contribution is 0.0198. The number of fused-ring (bicyclic) bond motifs is 2. The third kappa shape index (κ3) is 8.49. The number of likely N-dealkylation sites (tertiary alicyclic amines) is 1. The first-order valence-electron chi connectivity index (χ1n) is 18.9. The molecule has 1 amide bonds. The van der Waals surface area contributed by atoms with Crippen molar-refractivity contribution in [2.75, 3.05) is 51.3 Å². The summed E-state index contributed by atoms with van der Waals surface area (Å²) in [6, 6.07) is 11.9. The summed E-state index contributed by atoms with van der Waals surface area (Å²) in [6.07, 6.45) is 1.49. The van der Waals surface area contributed by atoms with Crippen molar-refractivity contribution in [3.05, 3.63) is 53.2 Å². The highest BCUT2D eigenvalue weighted by molar-refractivity contribution is 6.74. The van der Waals surface area contributed by atoms with Gasteiger partial charge in [-0.3, -0.25) is 4.90 Å². The first-order valence-corrected chi connectivity index (χ1v) is 21.8. The molecule has 2 saturated heterocycles. The minimum absolute atomic E-state index is 0.0174. The van der Waals surface area contributed by atoms with Crippen LogP contribution >= 0.6 is 0 Å². The molecule has 2 aromatic carbocycles. The molecule has 2 aliphatic heterocycles. The van der Waals surface area contributed by atoms with Gasteiger partial charge >= 0.3 is 12.1 Å². The van der Waals surface area contributed by atoms with Gasteiger partial charge in [-0.1, -0.05) is 45.0 Å². The fourth-order valence-corrected chi connectivity index (χ4v) is 8.51. The van der Waals surface area contributed by atoms with E-state index in [1.165, 1.54) is 0 Å². The minimum Gasteiger partial charge on any atom is -0.508 e. The number of halogens is 1. The number of alkyl halides is 1. The summed E-state index contributed by atoms with van der Waals surface area (Å²) in [5.41, 5.74) is 2.51. The maximum atomic E-state index is 14.3. The van der Waals surface area contributed by atoms with E-state index >= 15 is 0 Å². The van der Waals surface area contributed by atoms with Crippen molar-refractivity contribution in [3.63, 3.8) is 0 Å². The number of benzene rings is 2. The van der Waals surface area contributed by atoms with Crippen LogP contribution in [0.25, 0.3) is 10.8 Å². The van der Waals surface area contributed by atoms with E-state index in [0.717, 1.165) is 46.3 Å². The summed E-state index contributed by atoms with van der Waals surface area (Å²) in [7, 11) is -0.210. The summed E-state index contributed by atoms with van der Waals surface area (Å²) in [6.45, 7) is 19.4. The van der Waals surface area contributed by atoms with Gasteiger partial charge in [-0.2, -0.15) is 9.97 Å². The third-order valence-corrected chi connectivity index (χ3v) is 15.9. The zero-order chi connectivity index (χ0) is 37.6. The number of likely N-dealkylation sites (N-methyl/N-ethyl adjacent to an activating group) is 1. The largest absolute Gasteiger partial charge is 0.508 e. The van der Waals surface area contributed by atoms with Crippen LogP contribution < -0.4 is 9.64 Å². The topological polar surface area (TPSA) is 100 Å². The van der Waals surface area contributed by atoms with Crippen LogP contribution in [0.2, 0.25) is 18.1 Å².